The van der Waals surface area contributed by atoms with E-state index in [1.807, 2.05) is 0 Å². The number of nitrogens with one attached hydrogen (secondary N) is 2. The van der Waals surface area contributed by atoms with Gasteiger partial charge in [0.1, 0.15) is 5.82 Å². The average molecular weight is 420 g/mol. The number of thioether (sulfide) groups is 1. The Labute approximate surface area is 172 Å². The molecule has 0 saturated carbocycles. The van der Waals surface area contributed by atoms with E-state index in [1.54, 1.807) is 31.4 Å². The van der Waals surface area contributed by atoms with Crippen LogP contribution >= 0.6 is 11.8 Å². The fraction of sp³-hybridized carbons (Fsp3) is 0.250. The molecule has 0 aliphatic heterocycles. The summed E-state index contributed by atoms with van der Waals surface area (Å²) in [6.45, 7) is 0.328. The topological polar surface area (TPSA) is 93.7 Å². The minimum absolute atomic E-state index is 0.124. The molecule has 0 spiro atoms. The van der Waals surface area contributed by atoms with Crippen LogP contribution in [0.3, 0.4) is 0 Å². The van der Waals surface area contributed by atoms with Gasteiger partial charge in [-0.15, -0.1) is 11.8 Å². The molecule has 2 aromatic carbocycles. The first-order valence-corrected chi connectivity index (χ1v) is 9.68. The van der Waals surface area contributed by atoms with E-state index < -0.39 is 24.3 Å². The van der Waals surface area contributed by atoms with Gasteiger partial charge in [-0.05, 0) is 36.4 Å². The van der Waals surface area contributed by atoms with Crippen molar-refractivity contribution in [3.05, 3.63) is 59.9 Å². The van der Waals surface area contributed by atoms with Crippen molar-refractivity contribution in [3.63, 3.8) is 0 Å². The van der Waals surface area contributed by atoms with Crippen LogP contribution in [0.2, 0.25) is 0 Å². The van der Waals surface area contributed by atoms with Crippen molar-refractivity contribution < 1.29 is 28.2 Å². The van der Waals surface area contributed by atoms with Gasteiger partial charge in [-0.1, -0.05) is 12.1 Å². The van der Waals surface area contributed by atoms with Crippen LogP contribution in [-0.2, 0) is 19.1 Å². The second-order valence-electron chi connectivity index (χ2n) is 5.76. The molecule has 0 aromatic heterocycles. The SMILES string of the molecule is COCCNC(=O)CSc1ccccc1C(=O)OCC(=O)Nc1ccc(F)cc1. The van der Waals surface area contributed by atoms with E-state index in [0.717, 1.165) is 0 Å². The quantitative estimate of drug-likeness (QED) is 0.348. The number of hydrogen-bond acceptors (Lipinski definition) is 6. The maximum Gasteiger partial charge on any atom is 0.339 e. The Balaban J connectivity index is 1.86. The Bertz CT molecular complexity index is 845. The summed E-state index contributed by atoms with van der Waals surface area (Å²) in [6, 6.07) is 11.9. The van der Waals surface area contributed by atoms with Crippen LogP contribution in [0, 0.1) is 5.82 Å². The van der Waals surface area contributed by atoms with Crippen molar-refractivity contribution in [1.29, 1.82) is 0 Å². The fourth-order valence-electron chi connectivity index (χ4n) is 2.19. The van der Waals surface area contributed by atoms with Crippen LogP contribution < -0.4 is 10.6 Å². The normalized spacial score (nSPS) is 10.3. The van der Waals surface area contributed by atoms with Crippen molar-refractivity contribution in [1.82, 2.24) is 5.32 Å². The zero-order valence-electron chi connectivity index (χ0n) is 15.8. The molecule has 0 heterocycles. The Morgan fingerprint density at radius 1 is 1.03 bits per heavy atom. The molecule has 0 aliphatic carbocycles. The number of carbonyl (C=O) groups is 3. The second-order valence-corrected chi connectivity index (χ2v) is 6.78. The number of anilines is 1. The predicted octanol–water partition coefficient (Wildman–Crippen LogP) is 2.48. The van der Waals surface area contributed by atoms with Gasteiger partial charge in [0, 0.05) is 24.2 Å². The first-order valence-electron chi connectivity index (χ1n) is 8.69. The number of ether oxygens (including phenoxy) is 2. The summed E-state index contributed by atoms with van der Waals surface area (Å²) in [5.41, 5.74) is 0.652. The summed E-state index contributed by atoms with van der Waals surface area (Å²) in [5, 5.41) is 5.20. The molecule has 0 fully saturated rings. The van der Waals surface area contributed by atoms with Gasteiger partial charge in [0.25, 0.3) is 5.91 Å². The molecule has 2 aromatic rings. The van der Waals surface area contributed by atoms with E-state index in [4.69, 9.17) is 9.47 Å². The van der Waals surface area contributed by atoms with Crippen molar-refractivity contribution in [2.75, 3.05) is 37.9 Å². The molecular weight excluding hydrogens is 399 g/mol. The van der Waals surface area contributed by atoms with Gasteiger partial charge in [0.2, 0.25) is 5.91 Å². The van der Waals surface area contributed by atoms with Crippen LogP contribution in [0.1, 0.15) is 10.4 Å². The summed E-state index contributed by atoms with van der Waals surface area (Å²) >= 11 is 1.19. The number of carbonyl (C=O) groups excluding carboxylic acids is 3. The lowest BCUT2D eigenvalue weighted by Gasteiger charge is -2.10. The monoisotopic (exact) mass is 420 g/mol. The Kier molecular flexibility index (Phi) is 9.13. The molecule has 29 heavy (non-hydrogen) atoms. The van der Waals surface area contributed by atoms with Crippen molar-refractivity contribution in [2.24, 2.45) is 0 Å². The minimum Gasteiger partial charge on any atom is -0.452 e. The fourth-order valence-corrected chi connectivity index (χ4v) is 3.06. The molecular formula is C20H21FN2O5S. The van der Waals surface area contributed by atoms with E-state index in [2.05, 4.69) is 10.6 Å². The van der Waals surface area contributed by atoms with Crippen LogP contribution in [0.5, 0.6) is 0 Å². The van der Waals surface area contributed by atoms with Crippen LogP contribution in [-0.4, -0.2) is 50.4 Å². The number of hydrogen-bond donors (Lipinski definition) is 2. The minimum atomic E-state index is -0.679. The van der Waals surface area contributed by atoms with Gasteiger partial charge in [0.05, 0.1) is 17.9 Å². The molecule has 0 aliphatic rings. The highest BCUT2D eigenvalue weighted by Gasteiger charge is 2.15. The molecule has 0 radical (unpaired) electrons. The van der Waals surface area contributed by atoms with Crippen LogP contribution in [0.4, 0.5) is 10.1 Å². The first-order chi connectivity index (χ1) is 14.0. The molecule has 7 nitrogen and oxygen atoms in total. The summed E-state index contributed by atoms with van der Waals surface area (Å²) in [6.07, 6.45) is 0. The van der Waals surface area contributed by atoms with E-state index in [0.29, 0.717) is 23.7 Å². The van der Waals surface area contributed by atoms with Gasteiger partial charge in [0.15, 0.2) is 6.61 Å². The third-order valence-electron chi connectivity index (χ3n) is 3.56. The molecule has 9 heteroatoms. The third kappa shape index (κ3) is 7.92. The van der Waals surface area contributed by atoms with Crippen molar-refractivity contribution in [2.45, 2.75) is 4.90 Å². The Hall–Kier alpha value is -2.91. The number of halogens is 1. The lowest BCUT2D eigenvalue weighted by Crippen LogP contribution is -2.28. The molecule has 154 valence electrons. The zero-order chi connectivity index (χ0) is 21.1. The molecule has 0 unspecified atom stereocenters. The van der Waals surface area contributed by atoms with Gasteiger partial charge in [-0.2, -0.15) is 0 Å². The highest BCUT2D eigenvalue weighted by atomic mass is 32.2. The van der Waals surface area contributed by atoms with Crippen LogP contribution in [0.15, 0.2) is 53.4 Å². The number of methoxy groups -OCH3 is 1. The smallest absolute Gasteiger partial charge is 0.339 e. The Morgan fingerprint density at radius 2 is 1.76 bits per heavy atom. The molecule has 2 N–H and O–H groups in total. The number of amides is 2. The summed E-state index contributed by atoms with van der Waals surface area (Å²) in [4.78, 5) is 36.6. The van der Waals surface area contributed by atoms with E-state index in [-0.39, 0.29) is 17.2 Å². The molecule has 0 bridgehead atoms. The van der Waals surface area contributed by atoms with Gasteiger partial charge in [-0.3, -0.25) is 9.59 Å². The number of benzene rings is 2. The zero-order valence-corrected chi connectivity index (χ0v) is 16.6. The molecule has 0 atom stereocenters. The van der Waals surface area contributed by atoms with Gasteiger partial charge >= 0.3 is 5.97 Å². The van der Waals surface area contributed by atoms with Crippen molar-refractivity contribution >= 4 is 35.2 Å². The van der Waals surface area contributed by atoms with E-state index in [9.17, 15) is 18.8 Å². The second kappa shape index (κ2) is 11.8. The highest BCUT2D eigenvalue weighted by Crippen LogP contribution is 2.23. The van der Waals surface area contributed by atoms with Crippen molar-refractivity contribution in [3.8, 4) is 0 Å². The van der Waals surface area contributed by atoms with Gasteiger partial charge in [-0.25, -0.2) is 9.18 Å². The predicted molar refractivity (Wildman–Crippen MR) is 107 cm³/mol. The summed E-state index contributed by atoms with van der Waals surface area (Å²) in [5.74, 6) is -1.71. The maximum absolute atomic E-state index is 12.9. The lowest BCUT2D eigenvalue weighted by molar-refractivity contribution is -0.119. The number of esters is 1. The molecule has 0 saturated heterocycles. The largest absolute Gasteiger partial charge is 0.452 e. The summed E-state index contributed by atoms with van der Waals surface area (Å²) in [7, 11) is 1.54. The molecule has 2 amide bonds. The third-order valence-corrected chi connectivity index (χ3v) is 4.63. The molecule has 2 rings (SSSR count). The number of rotatable bonds is 10. The maximum atomic E-state index is 12.9. The highest BCUT2D eigenvalue weighted by molar-refractivity contribution is 8.00. The van der Waals surface area contributed by atoms with Gasteiger partial charge < -0.3 is 20.1 Å². The standard InChI is InChI=1S/C20H21FN2O5S/c1-27-11-10-22-19(25)13-29-17-5-3-2-4-16(17)20(26)28-12-18(24)23-15-8-6-14(21)7-9-15/h2-9H,10-13H2,1H3,(H,22,25)(H,23,24). The Morgan fingerprint density at radius 3 is 2.48 bits per heavy atom. The van der Waals surface area contributed by atoms with Crippen LogP contribution in [0.25, 0.3) is 0 Å². The summed E-state index contributed by atoms with van der Waals surface area (Å²) < 4.78 is 22.8. The lowest BCUT2D eigenvalue weighted by atomic mass is 10.2. The van der Waals surface area contributed by atoms with E-state index >= 15 is 0 Å². The van der Waals surface area contributed by atoms with E-state index in [1.165, 1.54) is 36.0 Å². The average Bonchev–Trinajstić information content (AvgIpc) is 2.72. The first kappa shape index (κ1) is 22.4.